The molecule has 1 amide bonds. The number of aromatic nitrogens is 1. The highest BCUT2D eigenvalue weighted by Crippen LogP contribution is 2.42. The van der Waals surface area contributed by atoms with Crippen LogP contribution >= 0.6 is 11.3 Å². The lowest BCUT2D eigenvalue weighted by Crippen LogP contribution is -2.40. The molecule has 0 aliphatic rings. The standard InChI is InChI=1S/C17H17N5O2S/c1-17(2,3)22-15(23)13-12(19)11-10(9-5-4-6-24-9)8(7-18)14(20)21-16(11)25-13/h4-6H,19H2,1-3H3,(H2,20,21)(H,22,23). The quantitative estimate of drug-likeness (QED) is 0.647. The zero-order valence-electron chi connectivity index (χ0n) is 14.0. The maximum atomic E-state index is 12.6. The summed E-state index contributed by atoms with van der Waals surface area (Å²) in [5.74, 6) is 0.226. The molecule has 0 atom stereocenters. The van der Waals surface area contributed by atoms with E-state index < -0.39 is 5.54 Å². The summed E-state index contributed by atoms with van der Waals surface area (Å²) in [6, 6.07) is 5.46. The molecule has 0 aliphatic heterocycles. The maximum Gasteiger partial charge on any atom is 0.263 e. The van der Waals surface area contributed by atoms with Gasteiger partial charge < -0.3 is 21.2 Å². The largest absolute Gasteiger partial charge is 0.464 e. The van der Waals surface area contributed by atoms with E-state index in [0.717, 1.165) is 11.3 Å². The van der Waals surface area contributed by atoms with Gasteiger partial charge in [0, 0.05) is 10.9 Å². The van der Waals surface area contributed by atoms with Crippen molar-refractivity contribution in [2.24, 2.45) is 0 Å². The molecule has 0 spiro atoms. The number of thiophene rings is 1. The van der Waals surface area contributed by atoms with Crippen LogP contribution in [0.25, 0.3) is 21.5 Å². The third kappa shape index (κ3) is 2.90. The Labute approximate surface area is 148 Å². The highest BCUT2D eigenvalue weighted by atomic mass is 32.1. The van der Waals surface area contributed by atoms with Crippen molar-refractivity contribution in [3.05, 3.63) is 28.8 Å². The number of fused-ring (bicyclic) bond motifs is 1. The number of anilines is 2. The molecule has 0 bridgehead atoms. The van der Waals surface area contributed by atoms with Gasteiger partial charge in [-0.1, -0.05) is 0 Å². The second kappa shape index (κ2) is 5.79. The molecule has 3 heterocycles. The molecule has 8 heteroatoms. The molecule has 3 aromatic heterocycles. The van der Waals surface area contributed by atoms with Gasteiger partial charge in [-0.3, -0.25) is 4.79 Å². The van der Waals surface area contributed by atoms with Crippen molar-refractivity contribution in [1.29, 1.82) is 5.26 Å². The van der Waals surface area contributed by atoms with Crippen LogP contribution in [0.15, 0.2) is 22.8 Å². The first kappa shape index (κ1) is 16.8. The number of pyridine rings is 1. The molecule has 0 radical (unpaired) electrons. The van der Waals surface area contributed by atoms with Crippen LogP contribution < -0.4 is 16.8 Å². The Balaban J connectivity index is 2.31. The predicted octanol–water partition coefficient (Wildman–Crippen LogP) is 3.12. The molecule has 0 unspecified atom stereocenters. The number of rotatable bonds is 2. The smallest absolute Gasteiger partial charge is 0.263 e. The van der Waals surface area contributed by atoms with Gasteiger partial charge in [0.2, 0.25) is 0 Å². The lowest BCUT2D eigenvalue weighted by Gasteiger charge is -2.20. The van der Waals surface area contributed by atoms with Crippen LogP contribution in [0.2, 0.25) is 0 Å². The third-order valence-electron chi connectivity index (χ3n) is 3.48. The molecule has 3 rings (SSSR count). The normalized spacial score (nSPS) is 11.4. The molecule has 0 saturated carbocycles. The second-order valence-electron chi connectivity index (χ2n) is 6.57. The molecule has 0 aromatic carbocycles. The fourth-order valence-corrected chi connectivity index (χ4v) is 3.52. The molecular weight excluding hydrogens is 338 g/mol. The van der Waals surface area contributed by atoms with Crippen molar-refractivity contribution in [3.8, 4) is 17.4 Å². The number of nitrogen functional groups attached to an aromatic ring is 2. The number of nitrogens with zero attached hydrogens (tertiary/aromatic N) is 2. The number of nitrogens with two attached hydrogens (primary N) is 2. The monoisotopic (exact) mass is 355 g/mol. The summed E-state index contributed by atoms with van der Waals surface area (Å²) in [5, 5.41) is 12.9. The number of nitriles is 1. The van der Waals surface area contributed by atoms with Gasteiger partial charge in [0.25, 0.3) is 5.91 Å². The Morgan fingerprint density at radius 1 is 1.40 bits per heavy atom. The highest BCUT2D eigenvalue weighted by Gasteiger charge is 2.26. The molecule has 5 N–H and O–H groups in total. The molecule has 25 heavy (non-hydrogen) atoms. The van der Waals surface area contributed by atoms with E-state index in [1.54, 1.807) is 12.1 Å². The summed E-state index contributed by atoms with van der Waals surface area (Å²) < 4.78 is 5.44. The van der Waals surface area contributed by atoms with Crippen molar-refractivity contribution in [3.63, 3.8) is 0 Å². The molecule has 128 valence electrons. The van der Waals surface area contributed by atoms with Gasteiger partial charge in [0.1, 0.15) is 32.9 Å². The van der Waals surface area contributed by atoms with E-state index in [2.05, 4.69) is 10.3 Å². The van der Waals surface area contributed by atoms with Crippen LogP contribution in [0.4, 0.5) is 11.5 Å². The minimum Gasteiger partial charge on any atom is -0.464 e. The number of hydrogen-bond donors (Lipinski definition) is 3. The van der Waals surface area contributed by atoms with Crippen molar-refractivity contribution in [1.82, 2.24) is 10.3 Å². The summed E-state index contributed by atoms with van der Waals surface area (Å²) >= 11 is 1.14. The molecule has 3 aromatic rings. The van der Waals surface area contributed by atoms with Crippen LogP contribution in [-0.2, 0) is 0 Å². The van der Waals surface area contributed by atoms with Crippen LogP contribution in [0, 0.1) is 11.3 Å². The SMILES string of the molecule is CC(C)(C)NC(=O)c1sc2nc(N)c(C#N)c(-c3ccco3)c2c1N. The number of furan rings is 1. The zero-order valence-corrected chi connectivity index (χ0v) is 14.8. The Morgan fingerprint density at radius 3 is 2.68 bits per heavy atom. The summed E-state index contributed by atoms with van der Waals surface area (Å²) in [5.41, 5.74) is 12.7. The number of carbonyl (C=O) groups excluding carboxylic acids is 1. The van der Waals surface area contributed by atoms with E-state index in [4.69, 9.17) is 15.9 Å². The van der Waals surface area contributed by atoms with Crippen molar-refractivity contribution < 1.29 is 9.21 Å². The Morgan fingerprint density at radius 2 is 2.12 bits per heavy atom. The first-order valence-electron chi connectivity index (χ1n) is 7.51. The van der Waals surface area contributed by atoms with Gasteiger partial charge >= 0.3 is 0 Å². The van der Waals surface area contributed by atoms with E-state index in [-0.39, 0.29) is 23.0 Å². The zero-order chi connectivity index (χ0) is 18.4. The Bertz CT molecular complexity index is 1010. The van der Waals surface area contributed by atoms with Crippen molar-refractivity contribution in [2.75, 3.05) is 11.5 Å². The summed E-state index contributed by atoms with van der Waals surface area (Å²) in [4.78, 5) is 17.6. The van der Waals surface area contributed by atoms with Gasteiger partial charge in [-0.25, -0.2) is 4.98 Å². The van der Waals surface area contributed by atoms with Crippen molar-refractivity contribution in [2.45, 2.75) is 26.3 Å². The second-order valence-corrected chi connectivity index (χ2v) is 7.56. The lowest BCUT2D eigenvalue weighted by molar-refractivity contribution is 0.0924. The molecule has 0 aliphatic carbocycles. The minimum atomic E-state index is -0.409. The number of amides is 1. The first-order chi connectivity index (χ1) is 11.7. The summed E-state index contributed by atoms with van der Waals surface area (Å²) in [6.45, 7) is 5.64. The topological polar surface area (TPSA) is 131 Å². The van der Waals surface area contributed by atoms with Gasteiger partial charge in [0.15, 0.2) is 0 Å². The molecule has 7 nitrogen and oxygen atoms in total. The molecule has 0 saturated heterocycles. The average Bonchev–Trinajstić information content (AvgIpc) is 3.13. The predicted molar refractivity (Wildman–Crippen MR) is 98.1 cm³/mol. The van der Waals surface area contributed by atoms with Crippen LogP contribution in [0.3, 0.4) is 0 Å². The van der Waals surface area contributed by atoms with Gasteiger partial charge in [-0.2, -0.15) is 5.26 Å². The minimum absolute atomic E-state index is 0.0745. The fourth-order valence-electron chi connectivity index (χ4n) is 2.52. The third-order valence-corrected chi connectivity index (χ3v) is 4.58. The fraction of sp³-hybridized carbons (Fsp3) is 0.235. The van der Waals surface area contributed by atoms with Gasteiger partial charge in [-0.05, 0) is 32.9 Å². The maximum absolute atomic E-state index is 12.6. The highest BCUT2D eigenvalue weighted by molar-refractivity contribution is 7.21. The van der Waals surface area contributed by atoms with E-state index in [1.165, 1.54) is 6.26 Å². The number of nitrogens with one attached hydrogen (secondary N) is 1. The Kier molecular flexibility index (Phi) is 3.89. The van der Waals surface area contributed by atoms with E-state index >= 15 is 0 Å². The van der Waals surface area contributed by atoms with Gasteiger partial charge in [0.05, 0.1) is 17.5 Å². The van der Waals surface area contributed by atoms with E-state index in [9.17, 15) is 10.1 Å². The lowest BCUT2D eigenvalue weighted by atomic mass is 10.0. The summed E-state index contributed by atoms with van der Waals surface area (Å²) in [7, 11) is 0. The number of carbonyl (C=O) groups is 1. The van der Waals surface area contributed by atoms with Gasteiger partial charge in [-0.15, -0.1) is 11.3 Å². The van der Waals surface area contributed by atoms with Crippen LogP contribution in [0.1, 0.15) is 36.0 Å². The van der Waals surface area contributed by atoms with Crippen LogP contribution in [-0.4, -0.2) is 16.4 Å². The van der Waals surface area contributed by atoms with E-state index in [1.807, 2.05) is 26.8 Å². The Hall–Kier alpha value is -3.05. The first-order valence-corrected chi connectivity index (χ1v) is 8.32. The van der Waals surface area contributed by atoms with Crippen molar-refractivity contribution >= 4 is 39.0 Å². The van der Waals surface area contributed by atoms with E-state index in [0.29, 0.717) is 26.4 Å². The van der Waals surface area contributed by atoms with Crippen LogP contribution in [0.5, 0.6) is 0 Å². The average molecular weight is 355 g/mol. The summed E-state index contributed by atoms with van der Waals surface area (Å²) in [6.07, 6.45) is 1.49. The number of hydrogen-bond acceptors (Lipinski definition) is 7. The molecule has 0 fully saturated rings. The molecular formula is C17H17N5O2S.